The quantitative estimate of drug-likeness (QED) is 0.593. The first-order chi connectivity index (χ1) is 14.3. The topological polar surface area (TPSA) is 111 Å². The van der Waals surface area contributed by atoms with Crippen molar-refractivity contribution in [1.82, 2.24) is 15.5 Å². The molecule has 1 aromatic rings. The van der Waals surface area contributed by atoms with Crippen LogP contribution in [0, 0.1) is 5.41 Å². The molecule has 170 valence electrons. The number of halogens is 1. The first-order valence-corrected chi connectivity index (χ1v) is 11.0. The number of carbonyl (C=O) groups is 3. The van der Waals surface area contributed by atoms with Gasteiger partial charge in [-0.2, -0.15) is 0 Å². The van der Waals surface area contributed by atoms with Crippen LogP contribution in [0.4, 0.5) is 0 Å². The van der Waals surface area contributed by atoms with Gasteiger partial charge in [-0.15, -0.1) is 0 Å². The Morgan fingerprint density at radius 2 is 1.97 bits per heavy atom. The number of benzene rings is 1. The Kier molecular flexibility index (Phi) is 6.30. The number of nitrogens with zero attached hydrogens (tertiary/aromatic N) is 2. The van der Waals surface area contributed by atoms with E-state index in [9.17, 15) is 19.5 Å². The summed E-state index contributed by atoms with van der Waals surface area (Å²) >= 11 is 3.39. The van der Waals surface area contributed by atoms with Crippen LogP contribution in [0.5, 0.6) is 0 Å². The highest BCUT2D eigenvalue weighted by molar-refractivity contribution is 9.10. The molecule has 2 heterocycles. The number of nitrogens with one attached hydrogen (secondary N) is 2. The smallest absolute Gasteiger partial charge is 0.257 e. The molecule has 2 aliphatic heterocycles. The summed E-state index contributed by atoms with van der Waals surface area (Å²) in [6, 6.07) is 6.00. The Balaban J connectivity index is 0.00000363. The van der Waals surface area contributed by atoms with Gasteiger partial charge in [0.05, 0.1) is 12.1 Å². The number of aliphatic imine (C=N–C) groups is 1. The zero-order chi connectivity index (χ0) is 23.1. The summed E-state index contributed by atoms with van der Waals surface area (Å²) in [4.78, 5) is 44.2. The fourth-order valence-electron chi connectivity index (χ4n) is 4.02. The molecule has 3 rings (SSSR count). The van der Waals surface area contributed by atoms with Gasteiger partial charge >= 0.3 is 0 Å². The largest absolute Gasteiger partial charge is 0.391 e. The Labute approximate surface area is 192 Å². The third-order valence-electron chi connectivity index (χ3n) is 5.77. The maximum atomic E-state index is 13.4. The normalized spacial score (nSPS) is 27.0. The van der Waals surface area contributed by atoms with Gasteiger partial charge < -0.3 is 20.6 Å². The first kappa shape index (κ1) is 23.4. The number of likely N-dealkylation sites (tertiary alicyclic amines) is 1. The molecule has 8 nitrogen and oxygen atoms in total. The van der Waals surface area contributed by atoms with Gasteiger partial charge in [0.15, 0.2) is 5.54 Å². The van der Waals surface area contributed by atoms with E-state index in [1.807, 2.05) is 45.0 Å². The maximum Gasteiger partial charge on any atom is 0.257 e. The Morgan fingerprint density at radius 1 is 1.35 bits per heavy atom. The molecule has 1 fully saturated rings. The molecule has 0 aliphatic carbocycles. The number of hydrogen-bond acceptors (Lipinski definition) is 5. The van der Waals surface area contributed by atoms with Crippen LogP contribution in [-0.2, 0) is 19.9 Å². The molecule has 0 bridgehead atoms. The molecule has 1 saturated heterocycles. The third-order valence-corrected chi connectivity index (χ3v) is 6.30. The molecule has 0 aromatic heterocycles. The number of amidine groups is 1. The average Bonchev–Trinajstić information content (AvgIpc) is 3.19. The van der Waals surface area contributed by atoms with Crippen molar-refractivity contribution < 1.29 is 20.9 Å². The van der Waals surface area contributed by atoms with Crippen molar-refractivity contribution in [2.45, 2.75) is 64.8 Å². The number of aliphatic hydroxyl groups is 1. The average molecular weight is 495 g/mol. The van der Waals surface area contributed by atoms with Crippen LogP contribution in [0.3, 0.4) is 0 Å². The minimum absolute atomic E-state index is 0. The molecule has 0 saturated carbocycles. The standard InChI is InChI=1S/C22H29BrN4O4.H2/c1-12(28)24-17(21(2,3)4)19(30)27-11-15(29)10-16(27)18-25-20(31)22(5,26-18)13-6-8-14(23)9-7-13;/h6-9,15-17,29H,10-11H2,1-5H3,(H,24,28)(H,25,26,31);1H/t15-,16-,17-,22+;/m1./s1. The summed E-state index contributed by atoms with van der Waals surface area (Å²) in [5.41, 5.74) is -0.933. The molecule has 31 heavy (non-hydrogen) atoms. The molecule has 0 radical (unpaired) electrons. The van der Waals surface area contributed by atoms with Gasteiger partial charge in [-0.3, -0.25) is 14.4 Å². The Bertz CT molecular complexity index is 931. The predicted molar refractivity (Wildman–Crippen MR) is 122 cm³/mol. The summed E-state index contributed by atoms with van der Waals surface area (Å²) in [6.07, 6.45) is -0.482. The minimum Gasteiger partial charge on any atom is -0.391 e. The molecule has 4 atom stereocenters. The van der Waals surface area contributed by atoms with E-state index in [1.165, 1.54) is 11.8 Å². The number of rotatable bonds is 4. The second-order valence-corrected chi connectivity index (χ2v) is 10.3. The van der Waals surface area contributed by atoms with Gasteiger partial charge in [0.25, 0.3) is 5.91 Å². The van der Waals surface area contributed by atoms with Gasteiger partial charge in [-0.25, -0.2) is 4.99 Å². The van der Waals surface area contributed by atoms with E-state index in [1.54, 1.807) is 6.92 Å². The first-order valence-electron chi connectivity index (χ1n) is 10.3. The van der Waals surface area contributed by atoms with Gasteiger partial charge in [-0.1, -0.05) is 48.8 Å². The number of amides is 3. The molecular weight excluding hydrogens is 464 g/mol. The summed E-state index contributed by atoms with van der Waals surface area (Å²) in [5.74, 6) is -0.541. The molecule has 0 unspecified atom stereocenters. The second kappa shape index (κ2) is 8.35. The highest BCUT2D eigenvalue weighted by atomic mass is 79.9. The predicted octanol–water partition coefficient (Wildman–Crippen LogP) is 1.95. The van der Waals surface area contributed by atoms with Crippen molar-refractivity contribution in [1.29, 1.82) is 0 Å². The van der Waals surface area contributed by atoms with Crippen molar-refractivity contribution in [3.63, 3.8) is 0 Å². The lowest BCUT2D eigenvalue weighted by atomic mass is 9.85. The van der Waals surface area contributed by atoms with Gasteiger partial charge in [-0.05, 0) is 30.0 Å². The SMILES string of the molecule is CC(=O)N[C@H](C(=O)N1C[C@H](O)C[C@@H]1C1=N[C@@](C)(c2ccc(Br)cc2)C(=O)N1)C(C)(C)C.[HH]. The summed E-state index contributed by atoms with van der Waals surface area (Å²) in [6.45, 7) is 8.81. The Hall–Kier alpha value is -2.26. The van der Waals surface area contributed by atoms with E-state index in [-0.39, 0.29) is 32.1 Å². The van der Waals surface area contributed by atoms with Crippen LogP contribution in [-0.4, -0.2) is 58.3 Å². The molecule has 2 aliphatic rings. The number of aliphatic hydroxyl groups excluding tert-OH is 1. The van der Waals surface area contributed by atoms with Crippen molar-refractivity contribution in [2.24, 2.45) is 10.4 Å². The fraction of sp³-hybridized carbons (Fsp3) is 0.545. The molecular formula is C22H31BrN4O4. The third kappa shape index (κ3) is 4.67. The fourth-order valence-corrected chi connectivity index (χ4v) is 4.28. The van der Waals surface area contributed by atoms with Crippen LogP contribution >= 0.6 is 15.9 Å². The number of carbonyl (C=O) groups excluding carboxylic acids is 3. The summed E-state index contributed by atoms with van der Waals surface area (Å²) < 4.78 is 0.893. The van der Waals surface area contributed by atoms with E-state index in [4.69, 9.17) is 0 Å². The monoisotopic (exact) mass is 494 g/mol. The van der Waals surface area contributed by atoms with E-state index in [0.29, 0.717) is 5.84 Å². The van der Waals surface area contributed by atoms with Crippen molar-refractivity contribution in [2.75, 3.05) is 6.54 Å². The Morgan fingerprint density at radius 3 is 2.52 bits per heavy atom. The van der Waals surface area contributed by atoms with Crippen LogP contribution < -0.4 is 10.6 Å². The number of hydrogen-bond donors (Lipinski definition) is 3. The summed E-state index contributed by atoms with van der Waals surface area (Å²) in [5, 5.41) is 15.9. The van der Waals surface area contributed by atoms with Crippen LogP contribution in [0.25, 0.3) is 0 Å². The number of β-amino-alcohol motifs (C(OH)–C–C–N with tert-alkyl or cyclic N) is 1. The second-order valence-electron chi connectivity index (χ2n) is 9.43. The minimum atomic E-state index is -1.13. The highest BCUT2D eigenvalue weighted by Crippen LogP contribution is 2.33. The molecule has 3 N–H and O–H groups in total. The lowest BCUT2D eigenvalue weighted by molar-refractivity contribution is -0.139. The lowest BCUT2D eigenvalue weighted by Crippen LogP contribution is -2.57. The van der Waals surface area contributed by atoms with E-state index in [0.717, 1.165) is 10.0 Å². The van der Waals surface area contributed by atoms with Crippen molar-refractivity contribution in [3.05, 3.63) is 34.3 Å². The molecule has 9 heteroatoms. The van der Waals surface area contributed by atoms with Crippen molar-refractivity contribution in [3.8, 4) is 0 Å². The lowest BCUT2D eigenvalue weighted by Gasteiger charge is -2.35. The highest BCUT2D eigenvalue weighted by Gasteiger charge is 2.48. The summed E-state index contributed by atoms with van der Waals surface area (Å²) in [7, 11) is 0. The van der Waals surface area contributed by atoms with Gasteiger partial charge in [0, 0.05) is 25.8 Å². The van der Waals surface area contributed by atoms with Crippen LogP contribution in [0.15, 0.2) is 33.7 Å². The van der Waals surface area contributed by atoms with Gasteiger partial charge in [0.2, 0.25) is 11.8 Å². The maximum absolute atomic E-state index is 13.4. The molecule has 0 spiro atoms. The van der Waals surface area contributed by atoms with Crippen LogP contribution in [0.2, 0.25) is 0 Å². The van der Waals surface area contributed by atoms with Crippen LogP contribution in [0.1, 0.15) is 48.0 Å². The molecule has 1 aromatic carbocycles. The molecule has 3 amide bonds. The zero-order valence-corrected chi connectivity index (χ0v) is 20.0. The van der Waals surface area contributed by atoms with Crippen molar-refractivity contribution >= 4 is 39.5 Å². The van der Waals surface area contributed by atoms with E-state index in [2.05, 4.69) is 31.6 Å². The van der Waals surface area contributed by atoms with Gasteiger partial charge in [0.1, 0.15) is 11.9 Å². The van der Waals surface area contributed by atoms with E-state index < -0.39 is 29.1 Å². The van der Waals surface area contributed by atoms with E-state index >= 15 is 0 Å². The zero-order valence-electron chi connectivity index (χ0n) is 18.4.